The largest absolute Gasteiger partial charge is 0.477 e. The van der Waals surface area contributed by atoms with E-state index in [1.54, 1.807) is 6.92 Å². The van der Waals surface area contributed by atoms with Gasteiger partial charge in [-0.2, -0.15) is 11.8 Å². The molecule has 2 rings (SSSR count). The Morgan fingerprint density at radius 3 is 2.60 bits per heavy atom. The molecule has 2 aromatic rings. The lowest BCUT2D eigenvalue weighted by Gasteiger charge is -2.02. The fourth-order valence-electron chi connectivity index (χ4n) is 1.80. The summed E-state index contributed by atoms with van der Waals surface area (Å²) in [6.07, 6.45) is 1.19. The van der Waals surface area contributed by atoms with Crippen molar-refractivity contribution >= 4 is 29.1 Å². The first kappa shape index (κ1) is 15.1. The summed E-state index contributed by atoms with van der Waals surface area (Å²) in [4.78, 5) is 15.7. The number of thioether (sulfide) groups is 1. The fraction of sp³-hybridized carbons (Fsp3) is 0.333. The first-order chi connectivity index (χ1) is 9.61. The number of carboxylic acids is 1. The van der Waals surface area contributed by atoms with Crippen molar-refractivity contribution in [2.45, 2.75) is 26.0 Å². The monoisotopic (exact) mass is 307 g/mol. The van der Waals surface area contributed by atoms with Gasteiger partial charge in [0.15, 0.2) is 0 Å². The summed E-state index contributed by atoms with van der Waals surface area (Å²) < 4.78 is 0. The van der Waals surface area contributed by atoms with Crippen molar-refractivity contribution in [3.05, 3.63) is 40.4 Å². The van der Waals surface area contributed by atoms with Gasteiger partial charge in [-0.1, -0.05) is 31.2 Å². The van der Waals surface area contributed by atoms with Crippen molar-refractivity contribution in [3.8, 4) is 10.6 Å². The zero-order chi connectivity index (χ0) is 14.5. The van der Waals surface area contributed by atoms with Crippen LogP contribution in [0.1, 0.15) is 34.3 Å². The van der Waals surface area contributed by atoms with E-state index in [4.69, 9.17) is 5.11 Å². The quantitative estimate of drug-likeness (QED) is 0.800. The lowest BCUT2D eigenvalue weighted by atomic mass is 10.2. The number of thiazole rings is 1. The molecule has 0 spiro atoms. The van der Waals surface area contributed by atoms with Crippen LogP contribution in [0.2, 0.25) is 0 Å². The molecule has 0 aliphatic carbocycles. The van der Waals surface area contributed by atoms with Gasteiger partial charge in [0.05, 0.1) is 5.69 Å². The van der Waals surface area contributed by atoms with E-state index in [1.807, 2.05) is 23.9 Å². The molecule has 0 amide bonds. The van der Waals surface area contributed by atoms with Gasteiger partial charge in [0.1, 0.15) is 9.88 Å². The standard InChI is InChI=1S/C15H17NO2S2/c1-3-8-19-9-11-4-6-12(7-5-11)14-16-10(2)13(20-14)15(17)18/h4-7H,3,8-9H2,1-2H3,(H,17,18). The maximum absolute atomic E-state index is 11.0. The van der Waals surface area contributed by atoms with Gasteiger partial charge < -0.3 is 5.11 Å². The third-order valence-corrected chi connectivity index (χ3v) is 5.24. The van der Waals surface area contributed by atoms with Gasteiger partial charge in [0, 0.05) is 11.3 Å². The normalized spacial score (nSPS) is 10.7. The minimum absolute atomic E-state index is 0.322. The van der Waals surface area contributed by atoms with Crippen LogP contribution in [-0.4, -0.2) is 21.8 Å². The molecule has 0 atom stereocenters. The second-order valence-electron chi connectivity index (χ2n) is 4.49. The number of aromatic carboxylic acids is 1. The van der Waals surface area contributed by atoms with E-state index in [0.717, 1.165) is 16.3 Å². The highest BCUT2D eigenvalue weighted by molar-refractivity contribution is 7.98. The van der Waals surface area contributed by atoms with Gasteiger partial charge in [0.2, 0.25) is 0 Å². The van der Waals surface area contributed by atoms with Crippen molar-refractivity contribution in [1.82, 2.24) is 4.98 Å². The van der Waals surface area contributed by atoms with Crippen molar-refractivity contribution in [2.24, 2.45) is 0 Å². The van der Waals surface area contributed by atoms with Gasteiger partial charge >= 0.3 is 5.97 Å². The number of aryl methyl sites for hydroxylation is 1. The Hall–Kier alpha value is -1.33. The van der Waals surface area contributed by atoms with Crippen molar-refractivity contribution in [2.75, 3.05) is 5.75 Å². The summed E-state index contributed by atoms with van der Waals surface area (Å²) in [6, 6.07) is 8.22. The van der Waals surface area contributed by atoms with Gasteiger partial charge in [0.25, 0.3) is 0 Å². The number of carboxylic acid groups (broad SMARTS) is 1. The zero-order valence-corrected chi connectivity index (χ0v) is 13.2. The lowest BCUT2D eigenvalue weighted by Crippen LogP contribution is -1.94. The van der Waals surface area contributed by atoms with E-state index >= 15 is 0 Å². The molecule has 0 saturated carbocycles. The van der Waals surface area contributed by atoms with E-state index in [-0.39, 0.29) is 0 Å². The molecule has 20 heavy (non-hydrogen) atoms. The minimum Gasteiger partial charge on any atom is -0.477 e. The number of hydrogen-bond donors (Lipinski definition) is 1. The maximum atomic E-state index is 11.0. The second kappa shape index (κ2) is 6.90. The van der Waals surface area contributed by atoms with Gasteiger partial charge in [-0.3, -0.25) is 0 Å². The maximum Gasteiger partial charge on any atom is 0.347 e. The van der Waals surface area contributed by atoms with Gasteiger partial charge in [-0.05, 0) is 24.7 Å². The number of nitrogens with zero attached hydrogens (tertiary/aromatic N) is 1. The predicted octanol–water partition coefficient (Wildman–Crippen LogP) is 4.46. The molecule has 0 fully saturated rings. The molecular formula is C15H17NO2S2. The molecule has 1 heterocycles. The number of carbonyl (C=O) groups is 1. The predicted molar refractivity (Wildman–Crippen MR) is 85.7 cm³/mol. The number of aromatic nitrogens is 1. The Kier molecular flexibility index (Phi) is 5.20. The van der Waals surface area contributed by atoms with E-state index < -0.39 is 5.97 Å². The summed E-state index contributed by atoms with van der Waals surface area (Å²) in [5, 5.41) is 9.83. The number of hydrogen-bond acceptors (Lipinski definition) is 4. The Morgan fingerprint density at radius 2 is 2.05 bits per heavy atom. The first-order valence-corrected chi connectivity index (χ1v) is 8.46. The number of rotatable bonds is 6. The van der Waals surface area contributed by atoms with Crippen LogP contribution in [0.3, 0.4) is 0 Å². The molecule has 0 bridgehead atoms. The molecule has 1 aromatic heterocycles. The molecular weight excluding hydrogens is 290 g/mol. The van der Waals surface area contributed by atoms with Crippen LogP contribution < -0.4 is 0 Å². The molecule has 5 heteroatoms. The highest BCUT2D eigenvalue weighted by Gasteiger charge is 2.14. The molecule has 3 nitrogen and oxygen atoms in total. The summed E-state index contributed by atoms with van der Waals surface area (Å²) in [5.74, 6) is 1.29. The summed E-state index contributed by atoms with van der Waals surface area (Å²) >= 11 is 3.16. The molecule has 0 aliphatic rings. The third kappa shape index (κ3) is 3.61. The van der Waals surface area contributed by atoms with Crippen LogP contribution in [0, 0.1) is 6.92 Å². The number of benzene rings is 1. The summed E-state index contributed by atoms with van der Waals surface area (Å²) in [5.41, 5.74) is 2.86. The van der Waals surface area contributed by atoms with E-state index in [0.29, 0.717) is 10.6 Å². The molecule has 106 valence electrons. The molecule has 1 aromatic carbocycles. The second-order valence-corrected chi connectivity index (χ2v) is 6.59. The van der Waals surface area contributed by atoms with Crippen LogP contribution in [0.5, 0.6) is 0 Å². The zero-order valence-electron chi connectivity index (χ0n) is 11.5. The van der Waals surface area contributed by atoms with Crippen molar-refractivity contribution in [1.29, 1.82) is 0 Å². The van der Waals surface area contributed by atoms with E-state index in [9.17, 15) is 4.79 Å². The van der Waals surface area contributed by atoms with Crippen LogP contribution in [-0.2, 0) is 5.75 Å². The Bertz CT molecular complexity index is 590. The average Bonchev–Trinajstić information content (AvgIpc) is 2.82. The molecule has 0 aliphatic heterocycles. The first-order valence-electron chi connectivity index (χ1n) is 6.49. The van der Waals surface area contributed by atoms with Gasteiger partial charge in [-0.15, -0.1) is 11.3 Å². The molecule has 1 N–H and O–H groups in total. The van der Waals surface area contributed by atoms with E-state index in [1.165, 1.54) is 29.1 Å². The van der Waals surface area contributed by atoms with Crippen LogP contribution in [0.4, 0.5) is 0 Å². The highest BCUT2D eigenvalue weighted by Crippen LogP contribution is 2.28. The third-order valence-electron chi connectivity index (χ3n) is 2.81. The topological polar surface area (TPSA) is 50.2 Å². The smallest absolute Gasteiger partial charge is 0.347 e. The molecule has 0 unspecified atom stereocenters. The van der Waals surface area contributed by atoms with Crippen molar-refractivity contribution in [3.63, 3.8) is 0 Å². The molecule has 0 saturated heterocycles. The van der Waals surface area contributed by atoms with Gasteiger partial charge in [-0.25, -0.2) is 9.78 Å². The van der Waals surface area contributed by atoms with E-state index in [2.05, 4.69) is 24.0 Å². The Balaban J connectivity index is 2.13. The minimum atomic E-state index is -0.904. The van der Waals surface area contributed by atoms with Crippen LogP contribution >= 0.6 is 23.1 Å². The van der Waals surface area contributed by atoms with Crippen molar-refractivity contribution < 1.29 is 9.90 Å². The average molecular weight is 307 g/mol. The Labute approximate surface area is 127 Å². The Morgan fingerprint density at radius 1 is 1.35 bits per heavy atom. The molecule has 0 radical (unpaired) electrons. The SMILES string of the molecule is CCCSCc1ccc(-c2nc(C)c(C(=O)O)s2)cc1. The van der Waals surface area contributed by atoms with Crippen LogP contribution in [0.15, 0.2) is 24.3 Å². The highest BCUT2D eigenvalue weighted by atomic mass is 32.2. The summed E-state index contributed by atoms with van der Waals surface area (Å²) in [6.45, 7) is 3.92. The van der Waals surface area contributed by atoms with Crippen LogP contribution in [0.25, 0.3) is 10.6 Å². The summed E-state index contributed by atoms with van der Waals surface area (Å²) in [7, 11) is 0. The fourth-order valence-corrected chi connectivity index (χ4v) is 3.57. The lowest BCUT2D eigenvalue weighted by molar-refractivity contribution is 0.0701.